The molecule has 0 bridgehead atoms. The van der Waals surface area contributed by atoms with Crippen LogP contribution in [0.1, 0.15) is 13.8 Å². The zero-order valence-corrected chi connectivity index (χ0v) is 8.23. The van der Waals surface area contributed by atoms with E-state index in [0.717, 1.165) is 4.48 Å². The molecule has 0 atom stereocenters. The summed E-state index contributed by atoms with van der Waals surface area (Å²) in [5, 5.41) is 11.5. The molecular weight excluding hydrogens is 210 g/mol. The van der Waals surface area contributed by atoms with Crippen LogP contribution in [0.5, 0.6) is 0 Å². The molecule has 0 amide bonds. The summed E-state index contributed by atoms with van der Waals surface area (Å²) in [6, 6.07) is 0. The van der Waals surface area contributed by atoms with E-state index in [4.69, 9.17) is 5.11 Å². The molecule has 0 aliphatic heterocycles. The van der Waals surface area contributed by atoms with Gasteiger partial charge in [-0.15, -0.1) is 0 Å². The van der Waals surface area contributed by atoms with Crippen LogP contribution in [0.25, 0.3) is 0 Å². The quantitative estimate of drug-likeness (QED) is 0.754. The first-order valence-electron chi connectivity index (χ1n) is 3.18. The van der Waals surface area contributed by atoms with Crippen LogP contribution < -0.4 is 5.32 Å². The van der Waals surface area contributed by atoms with Crippen molar-refractivity contribution < 1.29 is 9.90 Å². The van der Waals surface area contributed by atoms with E-state index in [-0.39, 0.29) is 0 Å². The predicted octanol–water partition coefficient (Wildman–Crippen LogP) is 1.35. The van der Waals surface area contributed by atoms with Gasteiger partial charge in [-0.2, -0.15) is 0 Å². The van der Waals surface area contributed by atoms with Crippen molar-refractivity contribution in [2.75, 3.05) is 6.54 Å². The van der Waals surface area contributed by atoms with Gasteiger partial charge >= 0.3 is 5.97 Å². The van der Waals surface area contributed by atoms with E-state index in [1.807, 2.05) is 0 Å². The maximum absolute atomic E-state index is 10.5. The van der Waals surface area contributed by atoms with Crippen molar-refractivity contribution >= 4 is 21.9 Å². The number of carboxylic acid groups (broad SMARTS) is 1. The van der Waals surface area contributed by atoms with Gasteiger partial charge in [-0.05, 0) is 13.8 Å². The minimum atomic E-state index is -0.892. The third-order valence-electron chi connectivity index (χ3n) is 1.26. The highest BCUT2D eigenvalue weighted by Gasteiger charge is 2.25. The lowest BCUT2D eigenvalue weighted by Gasteiger charge is -2.20. The largest absolute Gasteiger partial charge is 0.480 e. The maximum Gasteiger partial charge on any atom is 0.323 e. The molecule has 0 saturated heterocycles. The van der Waals surface area contributed by atoms with Crippen LogP contribution in [0.4, 0.5) is 0 Å². The molecule has 0 aromatic carbocycles. The van der Waals surface area contributed by atoms with Crippen molar-refractivity contribution in [3.63, 3.8) is 0 Å². The van der Waals surface area contributed by atoms with Gasteiger partial charge in [-0.1, -0.05) is 22.5 Å². The Labute approximate surface area is 74.6 Å². The van der Waals surface area contributed by atoms with Crippen molar-refractivity contribution in [1.82, 2.24) is 5.32 Å². The van der Waals surface area contributed by atoms with Gasteiger partial charge in [-0.3, -0.25) is 10.1 Å². The standard InChI is InChI=1S/C7H12BrNO2/c1-5(8)4-9-7(2,3)6(10)11/h9H,1,4H2,2-3H3,(H,10,11). The summed E-state index contributed by atoms with van der Waals surface area (Å²) in [6.45, 7) is 7.24. The van der Waals surface area contributed by atoms with Crippen LogP contribution in [-0.2, 0) is 4.79 Å². The van der Waals surface area contributed by atoms with E-state index in [2.05, 4.69) is 27.8 Å². The number of halogens is 1. The maximum atomic E-state index is 10.5. The van der Waals surface area contributed by atoms with Crippen LogP contribution in [0, 0.1) is 0 Å². The average Bonchev–Trinajstić information content (AvgIpc) is 1.84. The molecule has 0 aliphatic rings. The van der Waals surface area contributed by atoms with Gasteiger partial charge in [0.05, 0.1) is 0 Å². The number of carbonyl (C=O) groups is 1. The molecule has 0 saturated carbocycles. The van der Waals surface area contributed by atoms with E-state index in [1.54, 1.807) is 13.8 Å². The summed E-state index contributed by atoms with van der Waals surface area (Å²) in [4.78, 5) is 10.5. The smallest absolute Gasteiger partial charge is 0.323 e. The van der Waals surface area contributed by atoms with Gasteiger partial charge in [0.1, 0.15) is 5.54 Å². The Morgan fingerprint density at radius 1 is 1.73 bits per heavy atom. The van der Waals surface area contributed by atoms with Gasteiger partial charge < -0.3 is 5.11 Å². The number of carboxylic acids is 1. The normalized spacial score (nSPS) is 11.2. The van der Waals surface area contributed by atoms with Crippen molar-refractivity contribution in [3.05, 3.63) is 11.1 Å². The summed E-state index contributed by atoms with van der Waals surface area (Å²) in [6.07, 6.45) is 0. The zero-order valence-electron chi connectivity index (χ0n) is 6.65. The Hall–Kier alpha value is -0.350. The van der Waals surface area contributed by atoms with Crippen molar-refractivity contribution in [2.45, 2.75) is 19.4 Å². The minimum Gasteiger partial charge on any atom is -0.480 e. The summed E-state index contributed by atoms with van der Waals surface area (Å²) >= 11 is 3.13. The average molecular weight is 222 g/mol. The first-order chi connectivity index (χ1) is 4.86. The molecule has 2 N–H and O–H groups in total. The first-order valence-corrected chi connectivity index (χ1v) is 3.97. The molecule has 4 heteroatoms. The molecule has 0 fully saturated rings. The molecule has 0 unspecified atom stereocenters. The third kappa shape index (κ3) is 4.16. The number of hydrogen-bond acceptors (Lipinski definition) is 2. The fraction of sp³-hybridized carbons (Fsp3) is 0.571. The van der Waals surface area contributed by atoms with Crippen LogP contribution in [0.2, 0.25) is 0 Å². The SMILES string of the molecule is C=C(Br)CNC(C)(C)C(=O)O. The number of aliphatic carboxylic acids is 1. The Morgan fingerprint density at radius 2 is 2.18 bits per heavy atom. The van der Waals surface area contributed by atoms with Gasteiger partial charge in [0.2, 0.25) is 0 Å². The van der Waals surface area contributed by atoms with E-state index in [1.165, 1.54) is 0 Å². The molecule has 0 aromatic rings. The zero-order chi connectivity index (χ0) is 9.07. The molecule has 0 rings (SSSR count). The lowest BCUT2D eigenvalue weighted by Crippen LogP contribution is -2.47. The lowest BCUT2D eigenvalue weighted by molar-refractivity contribution is -0.143. The number of hydrogen-bond donors (Lipinski definition) is 2. The molecule has 0 radical (unpaired) electrons. The second-order valence-corrected chi connectivity index (χ2v) is 3.92. The van der Waals surface area contributed by atoms with E-state index in [0.29, 0.717) is 6.54 Å². The molecule has 11 heavy (non-hydrogen) atoms. The van der Waals surface area contributed by atoms with Gasteiger partial charge in [0, 0.05) is 11.0 Å². The van der Waals surface area contributed by atoms with Gasteiger partial charge in [-0.25, -0.2) is 0 Å². The minimum absolute atomic E-state index is 0.458. The van der Waals surface area contributed by atoms with E-state index in [9.17, 15) is 4.79 Å². The second kappa shape index (κ2) is 3.88. The molecular formula is C7H12BrNO2. The van der Waals surface area contributed by atoms with E-state index >= 15 is 0 Å². The molecule has 0 heterocycles. The van der Waals surface area contributed by atoms with Crippen LogP contribution >= 0.6 is 15.9 Å². The van der Waals surface area contributed by atoms with Crippen LogP contribution in [-0.4, -0.2) is 23.2 Å². The molecule has 64 valence electrons. The van der Waals surface area contributed by atoms with Crippen molar-refractivity contribution in [2.24, 2.45) is 0 Å². The van der Waals surface area contributed by atoms with Gasteiger partial charge in [0.15, 0.2) is 0 Å². The molecule has 3 nitrogen and oxygen atoms in total. The fourth-order valence-corrected chi connectivity index (χ4v) is 0.533. The Bertz CT molecular complexity index is 177. The second-order valence-electron chi connectivity index (χ2n) is 2.80. The van der Waals surface area contributed by atoms with E-state index < -0.39 is 11.5 Å². The summed E-state index contributed by atoms with van der Waals surface area (Å²) in [5.74, 6) is -0.869. The summed E-state index contributed by atoms with van der Waals surface area (Å²) < 4.78 is 0.742. The molecule has 0 aromatic heterocycles. The Kier molecular flexibility index (Phi) is 3.75. The van der Waals surface area contributed by atoms with Crippen molar-refractivity contribution in [1.29, 1.82) is 0 Å². The Balaban J connectivity index is 3.92. The topological polar surface area (TPSA) is 49.3 Å². The fourth-order valence-electron chi connectivity index (χ4n) is 0.392. The van der Waals surface area contributed by atoms with Crippen LogP contribution in [0.3, 0.4) is 0 Å². The highest BCUT2D eigenvalue weighted by atomic mass is 79.9. The summed E-state index contributed by atoms with van der Waals surface area (Å²) in [5.41, 5.74) is -0.892. The van der Waals surface area contributed by atoms with Crippen molar-refractivity contribution in [3.8, 4) is 0 Å². The van der Waals surface area contributed by atoms with Gasteiger partial charge in [0.25, 0.3) is 0 Å². The Morgan fingerprint density at radius 3 is 2.45 bits per heavy atom. The third-order valence-corrected chi connectivity index (χ3v) is 1.54. The number of nitrogens with one attached hydrogen (secondary N) is 1. The summed E-state index contributed by atoms with van der Waals surface area (Å²) in [7, 11) is 0. The predicted molar refractivity (Wildman–Crippen MR) is 47.8 cm³/mol. The molecule has 0 spiro atoms. The monoisotopic (exact) mass is 221 g/mol. The first kappa shape index (κ1) is 10.7. The lowest BCUT2D eigenvalue weighted by atomic mass is 10.1. The molecule has 0 aliphatic carbocycles. The van der Waals surface area contributed by atoms with Crippen LogP contribution in [0.15, 0.2) is 11.1 Å². The highest BCUT2D eigenvalue weighted by molar-refractivity contribution is 9.11. The highest BCUT2D eigenvalue weighted by Crippen LogP contribution is 2.05. The number of rotatable bonds is 4.